The number of carboxylic acids is 2. The predicted molar refractivity (Wildman–Crippen MR) is 352 cm³/mol. The highest BCUT2D eigenvalue weighted by atomic mass is 32.1. The van der Waals surface area contributed by atoms with Gasteiger partial charge < -0.3 is 54.3 Å². The number of carbonyl (C=O) groups is 7. The first-order valence-electron chi connectivity index (χ1n) is 32.8. The van der Waals surface area contributed by atoms with Gasteiger partial charge in [-0.05, 0) is 142 Å². The molecule has 6 amide bonds. The van der Waals surface area contributed by atoms with Crippen molar-refractivity contribution in [1.29, 1.82) is 0 Å². The maximum absolute atomic E-state index is 13.8. The lowest BCUT2D eigenvalue weighted by atomic mass is 9.39. The van der Waals surface area contributed by atoms with E-state index in [1.54, 1.807) is 30.3 Å². The Kier molecular flexibility index (Phi) is 19.4. The standard InChI is InChI=1S/C70H81N9O16S/c1-42-48(47-20-21-49(73-59(47)62(87)88)44-17-16-43-12-10-26-77(51(43)30-44)65(89)75-64-74-50-13-7-8-14-55(50)96-64)33-72-79(42)41-69-36-67(2)35-68(3,37-69)39-70(38-67,40-69)93-29-27-76(4)66(90)92-34-45-18-19-46(94-63-60(84)52(80)32-54(95-63)61(85)86)31-53(45)91-28-11-24-71-56(81)15-6-5-9-25-78-57(82)22-23-58(78)83/h7-8,13-14,16-23,30-31,33,52,54,60,63,80,84H,5-6,9-12,15,24-29,32,34-41H2,1-4H3,(H,71,81)(H,85,86)(H,87,88)(H,74,75,89)/t52-,54-,60+,63+,67?,68?,69?,70?/m0/s1. The van der Waals surface area contributed by atoms with Crippen LogP contribution in [0.4, 0.5) is 20.4 Å². The number of para-hydroxylation sites is 1. The highest BCUT2D eigenvalue weighted by Gasteiger charge is 2.66. The monoisotopic (exact) mass is 1340 g/mol. The highest BCUT2D eigenvalue weighted by Crippen LogP contribution is 2.72. The Morgan fingerprint density at radius 1 is 0.854 bits per heavy atom. The molecule has 13 rings (SSSR count). The fourth-order valence-electron chi connectivity index (χ4n) is 16.2. The zero-order valence-corrected chi connectivity index (χ0v) is 55.1. The predicted octanol–water partition coefficient (Wildman–Crippen LogP) is 9.29. The molecule has 4 saturated carbocycles. The van der Waals surface area contributed by atoms with Gasteiger partial charge in [0, 0.05) is 104 Å². The lowest BCUT2D eigenvalue weighted by Crippen LogP contribution is -2.64. The van der Waals surface area contributed by atoms with Gasteiger partial charge in [-0.3, -0.25) is 34.2 Å². The maximum Gasteiger partial charge on any atom is 0.409 e. The number of imide groups is 1. The van der Waals surface area contributed by atoms with Gasteiger partial charge in [0.25, 0.3) is 11.8 Å². The van der Waals surface area contributed by atoms with Crippen LogP contribution in [0.3, 0.4) is 0 Å². The number of rotatable bonds is 26. The second kappa shape index (κ2) is 27.7. The molecule has 6 aromatic rings. The molecule has 5 fully saturated rings. The number of hydrogen-bond donors (Lipinski definition) is 6. The largest absolute Gasteiger partial charge is 0.493 e. The molecule has 6 heterocycles. The number of carboxylic acid groups (broad SMARTS) is 2. The number of fused-ring (bicyclic) bond motifs is 2. The van der Waals surface area contributed by atoms with Crippen molar-refractivity contribution in [3.63, 3.8) is 0 Å². The van der Waals surface area contributed by atoms with E-state index in [1.165, 1.54) is 45.4 Å². The number of anilines is 2. The smallest absolute Gasteiger partial charge is 0.409 e. The highest BCUT2D eigenvalue weighted by molar-refractivity contribution is 7.22. The number of urea groups is 1. The minimum atomic E-state index is -1.56. The molecule has 4 bridgehead atoms. The molecule has 2 unspecified atom stereocenters. The number of nitrogens with zero attached hydrogens (tertiary/aromatic N) is 7. The number of aryl methyl sites for hydroxylation is 1. The number of ether oxygens (including phenoxy) is 5. The number of aliphatic hydroxyl groups is 2. The Labute approximate surface area is 558 Å². The van der Waals surface area contributed by atoms with Crippen molar-refractivity contribution >= 4 is 74.2 Å². The van der Waals surface area contributed by atoms with Gasteiger partial charge >= 0.3 is 24.1 Å². The van der Waals surface area contributed by atoms with Crippen molar-refractivity contribution in [2.45, 2.75) is 154 Å². The zero-order valence-electron chi connectivity index (χ0n) is 54.3. The van der Waals surface area contributed by atoms with Crippen LogP contribution in [-0.4, -0.2) is 168 Å². The van der Waals surface area contributed by atoms with Gasteiger partial charge in [0.05, 0.1) is 47.0 Å². The summed E-state index contributed by atoms with van der Waals surface area (Å²) < 4.78 is 33.3. The molecule has 4 aliphatic carbocycles. The van der Waals surface area contributed by atoms with Gasteiger partial charge in [0.15, 0.2) is 16.9 Å². The molecule has 0 spiro atoms. The lowest BCUT2D eigenvalue weighted by molar-refractivity contribution is -0.248. The van der Waals surface area contributed by atoms with Crippen LogP contribution in [0, 0.1) is 23.2 Å². The SMILES string of the molecule is Cc1c(-c2ccc(-c3ccc4c(c3)N(C(=O)Nc3nc5ccccc5s3)CCC4)nc2C(=O)O)cnn1CC12CC3(C)CC(C)(C1)CC(OCCN(C)C(=O)OCc1ccc(O[C@@H]4O[C@H](C(=O)O)C[C@H](O)[C@H]4O)cc1OCCCNC(=O)CCCCCN1C(=O)C=CC1=O)(C3)C2. The first-order chi connectivity index (χ1) is 46.0. The molecule has 0 radical (unpaired) electrons. The normalized spacial score (nSPS) is 24.9. The number of carbonyl (C=O) groups excluding carboxylic acids is 5. The van der Waals surface area contributed by atoms with Crippen LogP contribution in [0.5, 0.6) is 11.5 Å². The molecule has 3 aromatic carbocycles. The van der Waals surface area contributed by atoms with E-state index in [2.05, 4.69) is 29.5 Å². The van der Waals surface area contributed by atoms with Crippen LogP contribution in [0.15, 0.2) is 91.1 Å². The molecule has 6 N–H and O–H groups in total. The van der Waals surface area contributed by atoms with Crippen molar-refractivity contribution in [2.24, 2.45) is 16.2 Å². The number of benzene rings is 3. The Bertz CT molecular complexity index is 3950. The molecule has 1 saturated heterocycles. The molecular weight excluding hydrogens is 1250 g/mol. The summed E-state index contributed by atoms with van der Waals surface area (Å²) in [5.74, 6) is -3.00. The Balaban J connectivity index is 0.665. The Hall–Kier alpha value is -8.82. The van der Waals surface area contributed by atoms with Crippen LogP contribution in [0.2, 0.25) is 0 Å². The third-order valence-corrected chi connectivity index (χ3v) is 20.4. The van der Waals surface area contributed by atoms with E-state index in [1.807, 2.05) is 60.1 Å². The van der Waals surface area contributed by atoms with Crippen molar-refractivity contribution < 1.29 is 77.7 Å². The van der Waals surface area contributed by atoms with E-state index in [4.69, 9.17) is 33.8 Å². The van der Waals surface area contributed by atoms with Crippen molar-refractivity contribution in [1.82, 2.24) is 34.9 Å². The number of aromatic nitrogens is 4. The molecule has 25 nitrogen and oxygen atoms in total. The first kappa shape index (κ1) is 67.2. The van der Waals surface area contributed by atoms with Gasteiger partial charge in [-0.2, -0.15) is 5.10 Å². The van der Waals surface area contributed by atoms with E-state index in [-0.39, 0.29) is 103 Å². The van der Waals surface area contributed by atoms with Gasteiger partial charge in [-0.15, -0.1) is 0 Å². The molecule has 6 atom stereocenters. The molecule has 508 valence electrons. The quantitative estimate of drug-likeness (QED) is 0.0217. The fraction of sp³-hybridized carbons (Fsp3) is 0.486. The van der Waals surface area contributed by atoms with Crippen molar-refractivity contribution in [3.05, 3.63) is 114 Å². The van der Waals surface area contributed by atoms with Gasteiger partial charge in [0.2, 0.25) is 12.2 Å². The van der Waals surface area contributed by atoms with Gasteiger partial charge in [-0.1, -0.05) is 55.9 Å². The summed E-state index contributed by atoms with van der Waals surface area (Å²) in [6, 6.07) is 21.4. The van der Waals surface area contributed by atoms with Gasteiger partial charge in [0.1, 0.15) is 24.2 Å². The van der Waals surface area contributed by atoms with Crippen LogP contribution in [0.25, 0.3) is 32.6 Å². The molecule has 3 aliphatic heterocycles. The third kappa shape index (κ3) is 14.8. The average Bonchev–Trinajstić information content (AvgIpc) is 0.748. The number of thiazole rings is 1. The molecule has 26 heteroatoms. The Morgan fingerprint density at radius 2 is 1.64 bits per heavy atom. The van der Waals surface area contributed by atoms with E-state index in [0.717, 1.165) is 78.5 Å². The number of unbranched alkanes of at least 4 members (excludes halogenated alkanes) is 2. The summed E-state index contributed by atoms with van der Waals surface area (Å²) >= 11 is 1.41. The van der Waals surface area contributed by atoms with E-state index < -0.39 is 48.2 Å². The number of aromatic carboxylic acids is 1. The topological polar surface area (TPSA) is 324 Å². The minimum absolute atomic E-state index is 0.0246. The third-order valence-electron chi connectivity index (χ3n) is 19.5. The fourth-order valence-corrected chi connectivity index (χ4v) is 17.0. The minimum Gasteiger partial charge on any atom is -0.493 e. The number of aliphatic hydroxyl groups excluding tert-OH is 2. The summed E-state index contributed by atoms with van der Waals surface area (Å²) in [6.07, 6.45) is 6.83. The summed E-state index contributed by atoms with van der Waals surface area (Å²) in [7, 11) is 1.64. The molecule has 96 heavy (non-hydrogen) atoms. The summed E-state index contributed by atoms with van der Waals surface area (Å²) in [4.78, 5) is 102. The summed E-state index contributed by atoms with van der Waals surface area (Å²) in [6.45, 7) is 8.70. The molecule has 3 aromatic heterocycles. The molecule has 7 aliphatic rings. The number of amides is 6. The molecular formula is C70H81N9O16S. The van der Waals surface area contributed by atoms with E-state index in [9.17, 15) is 54.0 Å². The zero-order chi connectivity index (χ0) is 67.7. The first-order valence-corrected chi connectivity index (χ1v) is 33.6. The lowest BCUT2D eigenvalue weighted by Gasteiger charge is -2.69. The summed E-state index contributed by atoms with van der Waals surface area (Å²) in [5, 5.41) is 52.7. The number of pyridine rings is 1. The maximum atomic E-state index is 13.8. The van der Waals surface area contributed by atoms with Crippen LogP contribution in [-0.2, 0) is 53.0 Å². The van der Waals surface area contributed by atoms with E-state index in [0.29, 0.717) is 78.4 Å². The summed E-state index contributed by atoms with van der Waals surface area (Å²) in [5.41, 5.74) is 5.25. The van der Waals surface area contributed by atoms with Gasteiger partial charge in [-0.25, -0.2) is 29.1 Å². The number of aliphatic carboxylic acids is 1. The van der Waals surface area contributed by atoms with Crippen molar-refractivity contribution in [2.75, 3.05) is 56.7 Å². The van der Waals surface area contributed by atoms with Crippen LogP contribution >= 0.6 is 11.3 Å². The number of likely N-dealkylation sites (N-methyl/N-ethyl adjacent to an activating group) is 1. The van der Waals surface area contributed by atoms with Crippen molar-refractivity contribution in [3.8, 4) is 33.9 Å². The van der Waals surface area contributed by atoms with Crippen LogP contribution in [0.1, 0.15) is 125 Å². The second-order valence-electron chi connectivity index (χ2n) is 27.4. The number of nitrogens with one attached hydrogen (secondary N) is 2. The second-order valence-corrected chi connectivity index (χ2v) is 28.5. The van der Waals surface area contributed by atoms with E-state index >= 15 is 0 Å². The average molecular weight is 1340 g/mol. The van der Waals surface area contributed by atoms with Crippen LogP contribution < -0.4 is 25.0 Å². The Morgan fingerprint density at radius 3 is 2.40 bits per heavy atom. The number of hydrogen-bond acceptors (Lipinski definition) is 18.